The molecule has 2 aromatic carbocycles. The summed E-state index contributed by atoms with van der Waals surface area (Å²) in [6, 6.07) is 9.04. The Labute approximate surface area is 167 Å². The molecular formula is C21H22BrNO4. The van der Waals surface area contributed by atoms with Gasteiger partial charge in [0, 0.05) is 16.0 Å². The van der Waals surface area contributed by atoms with Gasteiger partial charge in [-0.25, -0.2) is 0 Å². The fourth-order valence-corrected chi connectivity index (χ4v) is 3.56. The zero-order valence-corrected chi connectivity index (χ0v) is 17.2. The van der Waals surface area contributed by atoms with Crippen LogP contribution in [0.2, 0.25) is 0 Å². The van der Waals surface area contributed by atoms with Crippen molar-refractivity contribution in [3.05, 3.63) is 51.5 Å². The van der Waals surface area contributed by atoms with Crippen LogP contribution in [0.25, 0.3) is 0 Å². The van der Waals surface area contributed by atoms with Crippen LogP contribution >= 0.6 is 15.9 Å². The van der Waals surface area contributed by atoms with Crippen LogP contribution in [-0.4, -0.2) is 18.5 Å². The van der Waals surface area contributed by atoms with Crippen molar-refractivity contribution in [3.63, 3.8) is 0 Å². The van der Waals surface area contributed by atoms with Crippen molar-refractivity contribution >= 4 is 33.3 Å². The number of halogens is 1. The lowest BCUT2D eigenvalue weighted by molar-refractivity contribution is 0.0927. The first-order chi connectivity index (χ1) is 13.0. The predicted molar refractivity (Wildman–Crippen MR) is 108 cm³/mol. The summed E-state index contributed by atoms with van der Waals surface area (Å²) < 4.78 is 11.4. The molecule has 0 fully saturated rings. The van der Waals surface area contributed by atoms with E-state index in [-0.39, 0.29) is 24.4 Å². The van der Waals surface area contributed by atoms with Gasteiger partial charge >= 0.3 is 0 Å². The summed E-state index contributed by atoms with van der Waals surface area (Å²) >= 11 is 3.41. The molecule has 1 atom stereocenters. The molecule has 3 rings (SSSR count). The molecule has 0 radical (unpaired) electrons. The van der Waals surface area contributed by atoms with Crippen molar-refractivity contribution in [2.45, 2.75) is 33.6 Å². The predicted octanol–water partition coefficient (Wildman–Crippen LogP) is 5.22. The Morgan fingerprint density at radius 2 is 1.93 bits per heavy atom. The van der Waals surface area contributed by atoms with E-state index >= 15 is 0 Å². The first-order valence-electron chi connectivity index (χ1n) is 9.03. The van der Waals surface area contributed by atoms with E-state index in [4.69, 9.17) is 9.47 Å². The Bertz CT molecular complexity index is 894. The van der Waals surface area contributed by atoms with Crippen LogP contribution in [0.3, 0.4) is 0 Å². The average Bonchev–Trinajstić information content (AvgIpc) is 3.14. The molecule has 0 aromatic heterocycles. The number of hydrogen-bond acceptors (Lipinski definition) is 4. The van der Waals surface area contributed by atoms with E-state index < -0.39 is 0 Å². The zero-order valence-electron chi connectivity index (χ0n) is 15.6. The molecule has 1 aliphatic heterocycles. The lowest BCUT2D eigenvalue weighted by Crippen LogP contribution is -2.19. The van der Waals surface area contributed by atoms with Crippen LogP contribution < -0.4 is 14.8 Å². The molecule has 0 spiro atoms. The molecule has 142 valence electrons. The second kappa shape index (κ2) is 8.13. The SMILES string of the molecule is CCc1cccc(NC(=O)c2c(Br)ccc3c2OCO3)c1C(=O)C(C)CC. The largest absolute Gasteiger partial charge is 0.454 e. The van der Waals surface area contributed by atoms with Crippen molar-refractivity contribution < 1.29 is 19.1 Å². The lowest BCUT2D eigenvalue weighted by Gasteiger charge is -2.17. The van der Waals surface area contributed by atoms with Crippen LogP contribution in [0.1, 0.15) is 53.5 Å². The van der Waals surface area contributed by atoms with Gasteiger partial charge in [-0.2, -0.15) is 0 Å². The molecule has 0 saturated carbocycles. The van der Waals surface area contributed by atoms with Gasteiger partial charge in [-0.1, -0.05) is 32.9 Å². The van der Waals surface area contributed by atoms with E-state index in [2.05, 4.69) is 21.2 Å². The highest BCUT2D eigenvalue weighted by Crippen LogP contribution is 2.40. The molecule has 2 aromatic rings. The number of carbonyl (C=O) groups is 2. The number of Topliss-reactive ketones (excluding diaryl/α,β-unsaturated/α-hetero) is 1. The summed E-state index contributed by atoms with van der Waals surface area (Å²) in [6.07, 6.45) is 1.45. The number of fused-ring (bicyclic) bond motifs is 1. The maximum atomic E-state index is 13.0. The van der Waals surface area contributed by atoms with E-state index in [1.165, 1.54) is 0 Å². The monoisotopic (exact) mass is 431 g/mol. The lowest BCUT2D eigenvalue weighted by atomic mass is 9.91. The highest BCUT2D eigenvalue weighted by atomic mass is 79.9. The molecule has 1 N–H and O–H groups in total. The van der Waals surface area contributed by atoms with Gasteiger partial charge in [-0.15, -0.1) is 0 Å². The van der Waals surface area contributed by atoms with Crippen LogP contribution in [0.5, 0.6) is 11.5 Å². The summed E-state index contributed by atoms with van der Waals surface area (Å²) in [5.41, 5.74) is 2.39. The van der Waals surface area contributed by atoms with E-state index in [0.717, 1.165) is 12.0 Å². The molecule has 1 amide bonds. The Kier molecular flexibility index (Phi) is 5.85. The summed E-state index contributed by atoms with van der Waals surface area (Å²) in [7, 11) is 0. The molecule has 5 nitrogen and oxygen atoms in total. The first kappa shape index (κ1) is 19.4. The summed E-state index contributed by atoms with van der Waals surface area (Å²) in [5, 5.41) is 2.91. The number of amides is 1. The molecule has 1 unspecified atom stereocenters. The van der Waals surface area contributed by atoms with Gasteiger partial charge in [0.25, 0.3) is 5.91 Å². The van der Waals surface area contributed by atoms with Crippen LogP contribution in [-0.2, 0) is 6.42 Å². The number of nitrogens with one attached hydrogen (secondary N) is 1. The number of anilines is 1. The third-order valence-electron chi connectivity index (χ3n) is 4.80. The first-order valence-corrected chi connectivity index (χ1v) is 9.82. The van der Waals surface area contributed by atoms with Gasteiger partial charge in [-0.3, -0.25) is 9.59 Å². The van der Waals surface area contributed by atoms with Crippen molar-refractivity contribution in [2.24, 2.45) is 5.92 Å². The van der Waals surface area contributed by atoms with Crippen LogP contribution in [0, 0.1) is 5.92 Å². The minimum Gasteiger partial charge on any atom is -0.454 e. The number of aryl methyl sites for hydroxylation is 1. The Morgan fingerprint density at radius 1 is 1.15 bits per heavy atom. The highest BCUT2D eigenvalue weighted by molar-refractivity contribution is 9.10. The number of benzene rings is 2. The Hall–Kier alpha value is -2.34. The number of ketones is 1. The van der Waals surface area contributed by atoms with Crippen LogP contribution in [0.15, 0.2) is 34.8 Å². The summed E-state index contributed by atoms with van der Waals surface area (Å²) in [5.74, 6) is 0.514. The Balaban J connectivity index is 2.01. The maximum absolute atomic E-state index is 13.0. The number of hydrogen-bond donors (Lipinski definition) is 1. The second-order valence-corrected chi connectivity index (χ2v) is 7.33. The van der Waals surface area contributed by atoms with Gasteiger partial charge in [0.2, 0.25) is 6.79 Å². The quantitative estimate of drug-likeness (QED) is 0.636. The molecule has 1 heterocycles. The minimum absolute atomic E-state index is 0.0437. The second-order valence-electron chi connectivity index (χ2n) is 6.48. The molecule has 6 heteroatoms. The third kappa shape index (κ3) is 3.72. The van der Waals surface area contributed by atoms with Crippen molar-refractivity contribution in [1.29, 1.82) is 0 Å². The van der Waals surface area contributed by atoms with Crippen LogP contribution in [0.4, 0.5) is 5.69 Å². The average molecular weight is 432 g/mol. The molecular weight excluding hydrogens is 410 g/mol. The molecule has 0 bridgehead atoms. The topological polar surface area (TPSA) is 64.6 Å². The number of carbonyl (C=O) groups excluding carboxylic acids is 2. The highest BCUT2D eigenvalue weighted by Gasteiger charge is 2.27. The Morgan fingerprint density at radius 3 is 2.63 bits per heavy atom. The van der Waals surface area contributed by atoms with Crippen molar-refractivity contribution in [1.82, 2.24) is 0 Å². The van der Waals surface area contributed by atoms with Gasteiger partial charge in [0.1, 0.15) is 0 Å². The van der Waals surface area contributed by atoms with E-state index in [0.29, 0.717) is 39.2 Å². The normalized spacial score (nSPS) is 13.3. The van der Waals surface area contributed by atoms with Crippen molar-refractivity contribution in [2.75, 3.05) is 12.1 Å². The smallest absolute Gasteiger partial charge is 0.260 e. The van der Waals surface area contributed by atoms with Crippen molar-refractivity contribution in [3.8, 4) is 11.5 Å². The fraction of sp³-hybridized carbons (Fsp3) is 0.333. The zero-order chi connectivity index (χ0) is 19.6. The van der Waals surface area contributed by atoms with E-state index in [1.807, 2.05) is 32.9 Å². The summed E-state index contributed by atoms with van der Waals surface area (Å²) in [6.45, 7) is 5.97. The van der Waals surface area contributed by atoms with E-state index in [1.54, 1.807) is 18.2 Å². The van der Waals surface area contributed by atoms with E-state index in [9.17, 15) is 9.59 Å². The number of rotatable bonds is 6. The minimum atomic E-state index is -0.351. The molecule has 1 aliphatic rings. The fourth-order valence-electron chi connectivity index (χ4n) is 3.07. The standard InChI is InChI=1S/C21H22BrNO4/c1-4-12(3)19(24)17-13(5-2)7-6-8-15(17)23-21(25)18-14(22)9-10-16-20(18)27-11-26-16/h6-10,12H,4-5,11H2,1-3H3,(H,23,25). The molecule has 27 heavy (non-hydrogen) atoms. The van der Waals surface area contributed by atoms with Gasteiger partial charge in [0.15, 0.2) is 17.3 Å². The summed E-state index contributed by atoms with van der Waals surface area (Å²) in [4.78, 5) is 26.0. The maximum Gasteiger partial charge on any atom is 0.260 e. The number of ether oxygens (including phenoxy) is 2. The van der Waals surface area contributed by atoms with Gasteiger partial charge in [-0.05, 0) is 52.5 Å². The molecule has 0 saturated heterocycles. The van der Waals surface area contributed by atoms with Gasteiger partial charge in [0.05, 0.1) is 11.3 Å². The van der Waals surface area contributed by atoms with Gasteiger partial charge < -0.3 is 14.8 Å². The molecule has 0 aliphatic carbocycles. The third-order valence-corrected chi connectivity index (χ3v) is 5.46.